The predicted molar refractivity (Wildman–Crippen MR) is 69.4 cm³/mol. The zero-order valence-electron chi connectivity index (χ0n) is 11.1. The Labute approximate surface area is 112 Å². The van der Waals surface area contributed by atoms with Crippen molar-refractivity contribution >= 4 is 5.91 Å². The van der Waals surface area contributed by atoms with Gasteiger partial charge < -0.3 is 24.6 Å². The van der Waals surface area contributed by atoms with Crippen molar-refractivity contribution in [1.82, 2.24) is 4.90 Å². The number of hydrogen-bond acceptors (Lipinski definition) is 5. The van der Waals surface area contributed by atoms with Crippen LogP contribution >= 0.6 is 0 Å². The van der Waals surface area contributed by atoms with Gasteiger partial charge in [-0.1, -0.05) is 0 Å². The number of hydrogen-bond donors (Lipinski definition) is 2. The minimum Gasteiger partial charge on any atom is -0.508 e. The highest BCUT2D eigenvalue weighted by atomic mass is 16.5. The first-order chi connectivity index (χ1) is 9.10. The van der Waals surface area contributed by atoms with Crippen LogP contribution in [0.3, 0.4) is 0 Å². The number of carbonyl (C=O) groups excluding carboxylic acids is 1. The molecule has 0 spiro atoms. The lowest BCUT2D eigenvalue weighted by Crippen LogP contribution is -2.36. The maximum atomic E-state index is 12.3. The molecule has 0 aromatic heterocycles. The Bertz CT molecular complexity index is 413. The smallest absolute Gasteiger partial charge is 0.257 e. The van der Waals surface area contributed by atoms with Gasteiger partial charge in [-0.25, -0.2) is 0 Å². The van der Waals surface area contributed by atoms with Gasteiger partial charge in [0, 0.05) is 27.3 Å². The maximum absolute atomic E-state index is 12.3. The fourth-order valence-electron chi connectivity index (χ4n) is 1.58. The van der Waals surface area contributed by atoms with Crippen LogP contribution in [0.4, 0.5) is 0 Å². The van der Waals surface area contributed by atoms with E-state index in [-0.39, 0.29) is 23.0 Å². The van der Waals surface area contributed by atoms with Crippen molar-refractivity contribution in [2.75, 3.05) is 40.5 Å². The van der Waals surface area contributed by atoms with Crippen LogP contribution in [0, 0.1) is 0 Å². The molecule has 19 heavy (non-hydrogen) atoms. The summed E-state index contributed by atoms with van der Waals surface area (Å²) in [5, 5.41) is 19.1. The van der Waals surface area contributed by atoms with Crippen molar-refractivity contribution in [1.29, 1.82) is 0 Å². The van der Waals surface area contributed by atoms with E-state index in [2.05, 4.69) is 0 Å². The molecule has 0 aliphatic carbocycles. The number of nitrogens with zero attached hydrogens (tertiary/aromatic N) is 1. The summed E-state index contributed by atoms with van der Waals surface area (Å²) in [7, 11) is 3.09. The summed E-state index contributed by atoms with van der Waals surface area (Å²) in [6, 6.07) is 3.85. The highest BCUT2D eigenvalue weighted by molar-refractivity contribution is 5.97. The van der Waals surface area contributed by atoms with E-state index in [1.165, 1.54) is 23.1 Å². The largest absolute Gasteiger partial charge is 0.508 e. The third-order valence-corrected chi connectivity index (χ3v) is 2.63. The van der Waals surface area contributed by atoms with E-state index >= 15 is 0 Å². The van der Waals surface area contributed by atoms with E-state index in [1.807, 2.05) is 0 Å². The van der Waals surface area contributed by atoms with Gasteiger partial charge in [0.15, 0.2) is 0 Å². The van der Waals surface area contributed by atoms with Gasteiger partial charge in [-0.2, -0.15) is 0 Å². The van der Waals surface area contributed by atoms with Crippen LogP contribution in [-0.2, 0) is 9.47 Å². The second-order valence-electron chi connectivity index (χ2n) is 3.98. The van der Waals surface area contributed by atoms with Crippen molar-refractivity contribution in [2.45, 2.75) is 0 Å². The number of carbonyl (C=O) groups is 1. The molecule has 0 unspecified atom stereocenters. The molecule has 0 saturated heterocycles. The van der Waals surface area contributed by atoms with Gasteiger partial charge in [-0.05, 0) is 18.2 Å². The van der Waals surface area contributed by atoms with Crippen LogP contribution in [-0.4, -0.2) is 61.5 Å². The fourth-order valence-corrected chi connectivity index (χ4v) is 1.58. The highest BCUT2D eigenvalue weighted by Gasteiger charge is 2.19. The van der Waals surface area contributed by atoms with Crippen LogP contribution in [0.1, 0.15) is 10.4 Å². The summed E-state index contributed by atoms with van der Waals surface area (Å²) in [4.78, 5) is 13.8. The minimum absolute atomic E-state index is 0.0622. The van der Waals surface area contributed by atoms with Crippen LogP contribution in [0.15, 0.2) is 18.2 Å². The molecule has 0 heterocycles. The number of aromatic hydroxyl groups is 2. The Morgan fingerprint density at radius 3 is 2.26 bits per heavy atom. The van der Waals surface area contributed by atoms with Gasteiger partial charge in [0.25, 0.3) is 5.91 Å². The second-order valence-corrected chi connectivity index (χ2v) is 3.98. The molecule has 0 atom stereocenters. The molecule has 0 bridgehead atoms. The third kappa shape index (κ3) is 4.42. The topological polar surface area (TPSA) is 79.2 Å². The number of methoxy groups -OCH3 is 2. The Morgan fingerprint density at radius 1 is 1.16 bits per heavy atom. The van der Waals surface area contributed by atoms with Gasteiger partial charge in [0.2, 0.25) is 0 Å². The lowest BCUT2D eigenvalue weighted by molar-refractivity contribution is 0.0624. The van der Waals surface area contributed by atoms with Crippen LogP contribution in [0.5, 0.6) is 11.5 Å². The molecule has 0 fully saturated rings. The SMILES string of the molecule is COCCN(CCOC)C(=O)c1cc(O)ccc1O. The maximum Gasteiger partial charge on any atom is 0.257 e. The van der Waals surface area contributed by atoms with E-state index in [4.69, 9.17) is 9.47 Å². The number of benzene rings is 1. The van der Waals surface area contributed by atoms with E-state index in [9.17, 15) is 15.0 Å². The Kier molecular flexibility index (Phi) is 6.11. The standard InChI is InChI=1S/C13H19NO5/c1-18-7-5-14(6-8-19-2)13(17)11-9-10(15)3-4-12(11)16/h3-4,9,15-16H,5-8H2,1-2H3. The lowest BCUT2D eigenvalue weighted by atomic mass is 10.1. The molecular weight excluding hydrogens is 250 g/mol. The molecule has 106 valence electrons. The Morgan fingerprint density at radius 2 is 1.74 bits per heavy atom. The van der Waals surface area contributed by atoms with Gasteiger partial charge in [0.05, 0.1) is 18.8 Å². The first-order valence-electron chi connectivity index (χ1n) is 5.89. The molecular formula is C13H19NO5. The molecule has 6 heteroatoms. The average Bonchev–Trinajstić information content (AvgIpc) is 2.41. The monoisotopic (exact) mass is 269 g/mol. The number of rotatable bonds is 7. The third-order valence-electron chi connectivity index (χ3n) is 2.63. The summed E-state index contributed by atoms with van der Waals surface area (Å²) in [5.41, 5.74) is 0.0622. The van der Waals surface area contributed by atoms with E-state index < -0.39 is 0 Å². The molecule has 0 aliphatic heterocycles. The molecule has 6 nitrogen and oxygen atoms in total. The molecule has 0 radical (unpaired) electrons. The van der Waals surface area contributed by atoms with Gasteiger partial charge in [-0.3, -0.25) is 4.79 Å². The summed E-state index contributed by atoms with van der Waals surface area (Å²) >= 11 is 0. The van der Waals surface area contributed by atoms with E-state index in [1.54, 1.807) is 14.2 Å². The van der Waals surface area contributed by atoms with Crippen molar-refractivity contribution in [3.8, 4) is 11.5 Å². The van der Waals surface area contributed by atoms with Gasteiger partial charge in [-0.15, -0.1) is 0 Å². The number of phenols is 2. The molecule has 1 aromatic rings. The first-order valence-corrected chi connectivity index (χ1v) is 5.89. The first kappa shape index (κ1) is 15.3. The predicted octanol–water partition coefficient (Wildman–Crippen LogP) is 0.833. The quantitative estimate of drug-likeness (QED) is 0.717. The van der Waals surface area contributed by atoms with Gasteiger partial charge >= 0.3 is 0 Å². The number of amides is 1. The average molecular weight is 269 g/mol. The summed E-state index contributed by atoms with van der Waals surface area (Å²) in [6.45, 7) is 1.53. The second kappa shape index (κ2) is 7.60. The van der Waals surface area contributed by atoms with Crippen molar-refractivity contribution in [3.63, 3.8) is 0 Å². The summed E-state index contributed by atoms with van der Waals surface area (Å²) < 4.78 is 9.89. The summed E-state index contributed by atoms with van der Waals surface area (Å²) in [6.07, 6.45) is 0. The van der Waals surface area contributed by atoms with Crippen molar-refractivity contribution < 1.29 is 24.5 Å². The van der Waals surface area contributed by atoms with Crippen molar-refractivity contribution in [2.24, 2.45) is 0 Å². The molecule has 1 rings (SSSR count). The molecule has 1 amide bonds. The van der Waals surface area contributed by atoms with Crippen LogP contribution in [0.2, 0.25) is 0 Å². The van der Waals surface area contributed by atoms with E-state index in [0.29, 0.717) is 26.3 Å². The zero-order chi connectivity index (χ0) is 14.3. The van der Waals surface area contributed by atoms with E-state index in [0.717, 1.165) is 0 Å². The highest BCUT2D eigenvalue weighted by Crippen LogP contribution is 2.23. The molecule has 0 aliphatic rings. The minimum atomic E-state index is -0.373. The van der Waals surface area contributed by atoms with Gasteiger partial charge in [0.1, 0.15) is 11.5 Å². The van der Waals surface area contributed by atoms with Crippen molar-refractivity contribution in [3.05, 3.63) is 23.8 Å². The Hall–Kier alpha value is -1.79. The van der Waals surface area contributed by atoms with Crippen LogP contribution < -0.4 is 0 Å². The Balaban J connectivity index is 2.87. The number of phenolic OH excluding ortho intramolecular Hbond substituents is 2. The fraction of sp³-hybridized carbons (Fsp3) is 0.462. The normalized spacial score (nSPS) is 10.4. The zero-order valence-corrected chi connectivity index (χ0v) is 11.1. The molecule has 2 N–H and O–H groups in total. The van der Waals surface area contributed by atoms with Crippen LogP contribution in [0.25, 0.3) is 0 Å². The number of ether oxygens (including phenoxy) is 2. The molecule has 0 saturated carbocycles. The molecule has 1 aromatic carbocycles. The summed E-state index contributed by atoms with van der Waals surface area (Å²) in [5.74, 6) is -0.607. The lowest BCUT2D eigenvalue weighted by Gasteiger charge is -2.22.